The van der Waals surface area contributed by atoms with Crippen LogP contribution in [0, 0.1) is 23.7 Å². The summed E-state index contributed by atoms with van der Waals surface area (Å²) in [4.78, 5) is 14.3. The Bertz CT molecular complexity index is 909. The van der Waals surface area contributed by atoms with Crippen LogP contribution in [0.5, 0.6) is 0 Å². The first-order valence-electron chi connectivity index (χ1n) is 9.03. The Morgan fingerprint density at radius 3 is 2.22 bits per heavy atom. The van der Waals surface area contributed by atoms with E-state index in [0.717, 1.165) is 29.7 Å². The number of aliphatic hydroxyl groups excluding tert-OH is 1. The molecule has 2 N–H and O–H groups in total. The Kier molecular flexibility index (Phi) is 6.15. The molecule has 0 spiro atoms. The quantitative estimate of drug-likeness (QED) is 0.830. The van der Waals surface area contributed by atoms with Crippen molar-refractivity contribution in [3.05, 3.63) is 65.2 Å². The summed E-state index contributed by atoms with van der Waals surface area (Å²) in [6.45, 7) is 0.724. The summed E-state index contributed by atoms with van der Waals surface area (Å²) in [5, 5.41) is 12.4. The van der Waals surface area contributed by atoms with E-state index in [0.29, 0.717) is 12.1 Å². The Morgan fingerprint density at radius 1 is 1.07 bits per heavy atom. The third kappa shape index (κ3) is 4.70. The molecule has 0 aliphatic carbocycles. The highest BCUT2D eigenvalue weighted by atomic mass is 16.3. The van der Waals surface area contributed by atoms with Crippen LogP contribution in [0.2, 0.25) is 0 Å². The molecule has 1 aliphatic rings. The van der Waals surface area contributed by atoms with Gasteiger partial charge in [0.2, 0.25) is 0 Å². The van der Waals surface area contributed by atoms with Crippen LogP contribution in [0.3, 0.4) is 0 Å². The molecule has 2 aromatic rings. The van der Waals surface area contributed by atoms with Crippen molar-refractivity contribution in [2.75, 3.05) is 25.5 Å². The van der Waals surface area contributed by atoms with Crippen LogP contribution in [-0.2, 0) is 0 Å². The van der Waals surface area contributed by atoms with Crippen molar-refractivity contribution < 1.29 is 9.90 Å². The lowest BCUT2D eigenvalue weighted by atomic mass is 10.1. The number of anilines is 1. The van der Waals surface area contributed by atoms with Crippen molar-refractivity contribution in [1.82, 2.24) is 4.90 Å². The minimum Gasteiger partial charge on any atom is -0.394 e. The van der Waals surface area contributed by atoms with Crippen LogP contribution in [-0.4, -0.2) is 42.2 Å². The molecule has 1 heterocycles. The van der Waals surface area contributed by atoms with Gasteiger partial charge < -0.3 is 15.3 Å². The van der Waals surface area contributed by atoms with Gasteiger partial charge in [0, 0.05) is 36.0 Å². The minimum atomic E-state index is -0.0607. The summed E-state index contributed by atoms with van der Waals surface area (Å²) in [6.07, 6.45) is 1.80. The molecule has 0 saturated carbocycles. The monoisotopic (exact) mass is 358 g/mol. The van der Waals surface area contributed by atoms with Gasteiger partial charge in [-0.3, -0.25) is 4.79 Å². The number of rotatable bonds is 3. The van der Waals surface area contributed by atoms with E-state index in [1.807, 2.05) is 43.4 Å². The lowest BCUT2D eigenvalue weighted by Crippen LogP contribution is -2.37. The average Bonchev–Trinajstić information content (AvgIpc) is 3.20. The van der Waals surface area contributed by atoms with E-state index in [1.54, 1.807) is 17.0 Å². The number of carbonyl (C=O) groups excluding carboxylic acids is 1. The zero-order valence-corrected chi connectivity index (χ0v) is 15.3. The highest BCUT2D eigenvalue weighted by Crippen LogP contribution is 2.19. The molecule has 1 aliphatic heterocycles. The topological polar surface area (TPSA) is 52.6 Å². The normalized spacial score (nSPS) is 15.3. The second-order valence-corrected chi connectivity index (χ2v) is 6.38. The Balaban J connectivity index is 1.64. The number of benzene rings is 2. The first kappa shape index (κ1) is 18.6. The van der Waals surface area contributed by atoms with Crippen molar-refractivity contribution in [3.63, 3.8) is 0 Å². The Hall–Kier alpha value is -3.21. The number of hydrogen-bond acceptors (Lipinski definition) is 3. The van der Waals surface area contributed by atoms with E-state index >= 15 is 0 Å². The first-order chi connectivity index (χ1) is 13.2. The largest absolute Gasteiger partial charge is 0.394 e. The predicted molar refractivity (Wildman–Crippen MR) is 107 cm³/mol. The summed E-state index contributed by atoms with van der Waals surface area (Å²) in [7, 11) is 1.88. The highest BCUT2D eigenvalue weighted by Gasteiger charge is 2.28. The minimum absolute atomic E-state index is 0.0195. The van der Waals surface area contributed by atoms with Crippen LogP contribution in [0.1, 0.15) is 34.3 Å². The van der Waals surface area contributed by atoms with Gasteiger partial charge in [-0.1, -0.05) is 11.8 Å². The van der Waals surface area contributed by atoms with Crippen molar-refractivity contribution in [2.45, 2.75) is 18.9 Å². The molecule has 4 nitrogen and oxygen atoms in total. The van der Waals surface area contributed by atoms with Crippen LogP contribution < -0.4 is 5.32 Å². The van der Waals surface area contributed by atoms with E-state index in [-0.39, 0.29) is 18.6 Å². The van der Waals surface area contributed by atoms with Crippen molar-refractivity contribution in [2.24, 2.45) is 0 Å². The van der Waals surface area contributed by atoms with Gasteiger partial charge >= 0.3 is 0 Å². The molecule has 2 aromatic carbocycles. The van der Waals surface area contributed by atoms with Crippen LogP contribution in [0.15, 0.2) is 48.5 Å². The van der Waals surface area contributed by atoms with Gasteiger partial charge in [-0.15, -0.1) is 0 Å². The average molecular weight is 358 g/mol. The molecule has 1 fully saturated rings. The number of nitrogens with zero attached hydrogens (tertiary/aromatic N) is 1. The van der Waals surface area contributed by atoms with Crippen molar-refractivity contribution in [3.8, 4) is 23.7 Å². The maximum Gasteiger partial charge on any atom is 0.254 e. The van der Waals surface area contributed by atoms with Crippen molar-refractivity contribution >= 4 is 11.6 Å². The second-order valence-electron chi connectivity index (χ2n) is 6.38. The zero-order chi connectivity index (χ0) is 19.1. The molecule has 3 rings (SSSR count). The highest BCUT2D eigenvalue weighted by molar-refractivity contribution is 5.94. The molecule has 0 unspecified atom stereocenters. The van der Waals surface area contributed by atoms with E-state index < -0.39 is 0 Å². The summed E-state index contributed by atoms with van der Waals surface area (Å²) in [5.74, 6) is 11.7. The van der Waals surface area contributed by atoms with Gasteiger partial charge in [0.1, 0.15) is 0 Å². The molecule has 0 radical (unpaired) electrons. The number of nitrogens with one attached hydrogen (secondary N) is 1. The number of carbonyl (C=O) groups is 1. The fourth-order valence-corrected chi connectivity index (χ4v) is 3.08. The summed E-state index contributed by atoms with van der Waals surface area (Å²) >= 11 is 0. The van der Waals surface area contributed by atoms with E-state index in [4.69, 9.17) is 0 Å². The van der Waals surface area contributed by atoms with Gasteiger partial charge in [0.25, 0.3) is 5.91 Å². The number of aliphatic hydroxyl groups is 1. The van der Waals surface area contributed by atoms with Gasteiger partial charge in [-0.25, -0.2) is 0 Å². The van der Waals surface area contributed by atoms with Crippen molar-refractivity contribution in [1.29, 1.82) is 0 Å². The molecule has 136 valence electrons. The molecule has 1 atom stereocenters. The lowest BCUT2D eigenvalue weighted by Gasteiger charge is -2.23. The molecular formula is C23H22N2O2. The molecule has 4 heteroatoms. The van der Waals surface area contributed by atoms with Gasteiger partial charge in [-0.2, -0.15) is 0 Å². The van der Waals surface area contributed by atoms with E-state index in [2.05, 4.69) is 29.0 Å². The van der Waals surface area contributed by atoms with Gasteiger partial charge in [0.05, 0.1) is 12.6 Å². The third-order valence-corrected chi connectivity index (χ3v) is 4.63. The summed E-state index contributed by atoms with van der Waals surface area (Å²) in [5.41, 5.74) is 3.39. The molecule has 0 aromatic heterocycles. The molecule has 0 bridgehead atoms. The number of likely N-dealkylation sites (tertiary alicyclic amines) is 1. The third-order valence-electron chi connectivity index (χ3n) is 4.63. The van der Waals surface area contributed by atoms with Crippen LogP contribution >= 0.6 is 0 Å². The second kappa shape index (κ2) is 8.94. The first-order valence-corrected chi connectivity index (χ1v) is 9.03. The Morgan fingerprint density at radius 2 is 1.67 bits per heavy atom. The Labute approximate surface area is 160 Å². The molecule has 1 amide bonds. The summed E-state index contributed by atoms with van der Waals surface area (Å²) < 4.78 is 0. The smallest absolute Gasteiger partial charge is 0.254 e. The lowest BCUT2D eigenvalue weighted by molar-refractivity contribution is 0.0677. The SMILES string of the molecule is CNc1ccc(C#CC#Cc2ccc(C(=O)N3CCC[C@H]3CO)cc2)cc1. The number of hydrogen-bond donors (Lipinski definition) is 2. The summed E-state index contributed by atoms with van der Waals surface area (Å²) in [6, 6.07) is 15.0. The van der Waals surface area contributed by atoms with Gasteiger partial charge in [-0.05, 0) is 73.2 Å². The van der Waals surface area contributed by atoms with E-state index in [1.165, 1.54) is 0 Å². The molecular weight excluding hydrogens is 336 g/mol. The maximum absolute atomic E-state index is 12.5. The van der Waals surface area contributed by atoms with E-state index in [9.17, 15) is 9.90 Å². The maximum atomic E-state index is 12.5. The zero-order valence-electron chi connectivity index (χ0n) is 15.3. The fourth-order valence-electron chi connectivity index (χ4n) is 3.08. The number of amides is 1. The standard InChI is InChI=1S/C23H22N2O2/c1-24-21-14-10-19(11-15-21)6-3-2-5-18-8-12-20(13-9-18)23(27)25-16-4-7-22(25)17-26/h8-15,22,24,26H,4,7,16-17H2,1H3/t22-/m0/s1. The van der Waals surface area contributed by atoms with Crippen LogP contribution in [0.4, 0.5) is 5.69 Å². The van der Waals surface area contributed by atoms with Crippen LogP contribution in [0.25, 0.3) is 0 Å². The fraction of sp³-hybridized carbons (Fsp3) is 0.261. The predicted octanol–water partition coefficient (Wildman–Crippen LogP) is 2.73. The molecule has 1 saturated heterocycles. The molecule has 27 heavy (non-hydrogen) atoms. The van der Waals surface area contributed by atoms with Gasteiger partial charge in [0.15, 0.2) is 0 Å².